The van der Waals surface area contributed by atoms with Crippen molar-refractivity contribution in [1.29, 1.82) is 0 Å². The molecule has 3 aromatic rings. The molecule has 11 heteroatoms. The zero-order chi connectivity index (χ0) is 24.1. The number of anilines is 3. The molecule has 0 saturated heterocycles. The molecule has 1 saturated carbocycles. The summed E-state index contributed by atoms with van der Waals surface area (Å²) >= 11 is 0. The van der Waals surface area contributed by atoms with Crippen LogP contribution in [0.3, 0.4) is 0 Å². The van der Waals surface area contributed by atoms with Crippen LogP contribution in [0, 0.1) is 11.7 Å². The summed E-state index contributed by atoms with van der Waals surface area (Å²) in [5.74, 6) is -0.0680. The van der Waals surface area contributed by atoms with E-state index in [-0.39, 0.29) is 23.2 Å². The number of aromatic nitrogens is 3. The maximum absolute atomic E-state index is 13.3. The van der Waals surface area contributed by atoms with E-state index in [0.29, 0.717) is 35.1 Å². The van der Waals surface area contributed by atoms with Crippen LogP contribution in [0.1, 0.15) is 30.1 Å². The Morgan fingerprint density at radius 2 is 1.88 bits per heavy atom. The van der Waals surface area contributed by atoms with E-state index in [4.69, 9.17) is 4.74 Å². The lowest BCUT2D eigenvalue weighted by Gasteiger charge is -2.17. The Labute approximate surface area is 195 Å². The van der Waals surface area contributed by atoms with Crippen molar-refractivity contribution >= 4 is 29.0 Å². The maximum Gasteiger partial charge on any atom is 0.269 e. The highest BCUT2D eigenvalue weighted by molar-refractivity contribution is 6.01. The van der Waals surface area contributed by atoms with Gasteiger partial charge in [-0.15, -0.1) is 0 Å². The monoisotopic (exact) mass is 465 g/mol. The second-order valence-corrected chi connectivity index (χ2v) is 7.60. The molecule has 1 aliphatic carbocycles. The van der Waals surface area contributed by atoms with Crippen LogP contribution < -0.4 is 26.2 Å². The van der Waals surface area contributed by atoms with Gasteiger partial charge in [0.05, 0.1) is 42.0 Å². The lowest BCUT2D eigenvalue weighted by molar-refractivity contribution is -0.117. The first kappa shape index (κ1) is 23.1. The van der Waals surface area contributed by atoms with Gasteiger partial charge >= 0.3 is 0 Å². The van der Waals surface area contributed by atoms with Crippen LogP contribution in [0.15, 0.2) is 42.9 Å². The molecule has 2 amide bonds. The van der Waals surface area contributed by atoms with Crippen LogP contribution >= 0.6 is 0 Å². The summed E-state index contributed by atoms with van der Waals surface area (Å²) in [6, 6.07) is 6.83. The molecule has 0 aliphatic heterocycles. The first-order valence-corrected chi connectivity index (χ1v) is 10.8. The molecular weight excluding hydrogens is 441 g/mol. The smallest absolute Gasteiger partial charge is 0.269 e. The van der Waals surface area contributed by atoms with E-state index < -0.39 is 11.7 Å². The molecule has 1 fully saturated rings. The zero-order valence-corrected chi connectivity index (χ0v) is 18.7. The minimum atomic E-state index is -0.550. The molecule has 2 heterocycles. The molecule has 34 heavy (non-hydrogen) atoms. The van der Waals surface area contributed by atoms with Gasteiger partial charge in [-0.2, -0.15) is 0 Å². The number of para-hydroxylation sites is 1. The molecule has 0 radical (unpaired) electrons. The Kier molecular flexibility index (Phi) is 6.93. The molecule has 2 aromatic heterocycles. The topological polar surface area (TPSA) is 130 Å². The summed E-state index contributed by atoms with van der Waals surface area (Å²) < 4.78 is 18.9. The minimum absolute atomic E-state index is 0.00224. The fourth-order valence-electron chi connectivity index (χ4n) is 3.25. The van der Waals surface area contributed by atoms with E-state index >= 15 is 0 Å². The number of hydrazine groups is 1. The summed E-state index contributed by atoms with van der Waals surface area (Å²) in [6.07, 6.45) is 5.24. The van der Waals surface area contributed by atoms with Crippen LogP contribution in [0.25, 0.3) is 11.4 Å². The first-order valence-electron chi connectivity index (χ1n) is 10.8. The van der Waals surface area contributed by atoms with Crippen molar-refractivity contribution in [2.24, 2.45) is 5.92 Å². The summed E-state index contributed by atoms with van der Waals surface area (Å²) in [7, 11) is 1.49. The van der Waals surface area contributed by atoms with Crippen LogP contribution in [0.4, 0.5) is 21.6 Å². The average Bonchev–Trinajstić information content (AvgIpc) is 3.69. The second kappa shape index (κ2) is 10.2. The Hall–Kier alpha value is -4.12. The summed E-state index contributed by atoms with van der Waals surface area (Å²) in [5.41, 5.74) is 7.04. The quantitative estimate of drug-likeness (QED) is 0.355. The molecule has 0 unspecified atom stereocenters. The van der Waals surface area contributed by atoms with Gasteiger partial charge < -0.3 is 15.4 Å². The van der Waals surface area contributed by atoms with Crippen molar-refractivity contribution in [1.82, 2.24) is 25.8 Å². The van der Waals surface area contributed by atoms with Gasteiger partial charge in [0, 0.05) is 24.7 Å². The van der Waals surface area contributed by atoms with E-state index in [1.54, 1.807) is 24.3 Å². The van der Waals surface area contributed by atoms with Crippen molar-refractivity contribution in [3.8, 4) is 17.1 Å². The van der Waals surface area contributed by atoms with E-state index in [1.807, 2.05) is 6.92 Å². The van der Waals surface area contributed by atoms with Gasteiger partial charge in [0.1, 0.15) is 5.82 Å². The molecule has 1 aromatic carbocycles. The SMILES string of the molecule is CCNNC(=O)c1cnc(NC(=O)C2CC2)cc1Nc1cccc(-c2ncc(F)cn2)c1OC. The number of carbonyl (C=O) groups is 2. The summed E-state index contributed by atoms with van der Waals surface area (Å²) in [4.78, 5) is 37.2. The number of rotatable bonds is 9. The fraction of sp³-hybridized carbons (Fsp3) is 0.261. The molecule has 4 N–H and O–H groups in total. The van der Waals surface area contributed by atoms with Crippen molar-refractivity contribution < 1.29 is 18.7 Å². The Bertz CT molecular complexity index is 1200. The number of ether oxygens (including phenoxy) is 1. The number of nitrogens with one attached hydrogen (secondary N) is 4. The van der Waals surface area contributed by atoms with Crippen molar-refractivity contribution in [2.45, 2.75) is 19.8 Å². The third kappa shape index (κ3) is 5.26. The van der Waals surface area contributed by atoms with Gasteiger partial charge in [-0.1, -0.05) is 13.0 Å². The van der Waals surface area contributed by atoms with Crippen molar-refractivity contribution in [2.75, 3.05) is 24.3 Å². The molecule has 0 atom stereocenters. The lowest BCUT2D eigenvalue weighted by Crippen LogP contribution is -2.37. The van der Waals surface area contributed by atoms with E-state index in [1.165, 1.54) is 13.3 Å². The van der Waals surface area contributed by atoms with Crippen molar-refractivity contribution in [3.05, 3.63) is 54.2 Å². The van der Waals surface area contributed by atoms with Crippen LogP contribution in [-0.4, -0.2) is 40.4 Å². The molecule has 0 spiro atoms. The Balaban J connectivity index is 1.70. The van der Waals surface area contributed by atoms with Gasteiger partial charge in [0.15, 0.2) is 17.4 Å². The van der Waals surface area contributed by atoms with Gasteiger partial charge in [-0.25, -0.2) is 24.8 Å². The number of methoxy groups -OCH3 is 1. The second-order valence-electron chi connectivity index (χ2n) is 7.60. The Morgan fingerprint density at radius 3 is 2.56 bits per heavy atom. The highest BCUT2D eigenvalue weighted by atomic mass is 19.1. The van der Waals surface area contributed by atoms with Gasteiger partial charge in [0.25, 0.3) is 5.91 Å². The highest BCUT2D eigenvalue weighted by Crippen LogP contribution is 2.37. The lowest BCUT2D eigenvalue weighted by atomic mass is 10.1. The van der Waals surface area contributed by atoms with Gasteiger partial charge in [-0.05, 0) is 25.0 Å². The zero-order valence-electron chi connectivity index (χ0n) is 18.7. The van der Waals surface area contributed by atoms with E-state index in [2.05, 4.69) is 36.4 Å². The van der Waals surface area contributed by atoms with Crippen LogP contribution in [-0.2, 0) is 4.79 Å². The largest absolute Gasteiger partial charge is 0.494 e. The minimum Gasteiger partial charge on any atom is -0.494 e. The number of nitrogens with zero attached hydrogens (tertiary/aromatic N) is 3. The fourth-order valence-corrected chi connectivity index (χ4v) is 3.25. The number of carbonyl (C=O) groups excluding carboxylic acids is 2. The average molecular weight is 465 g/mol. The third-order valence-electron chi connectivity index (χ3n) is 5.08. The van der Waals surface area contributed by atoms with Crippen LogP contribution in [0.5, 0.6) is 5.75 Å². The van der Waals surface area contributed by atoms with E-state index in [9.17, 15) is 14.0 Å². The number of amides is 2. The molecule has 0 bridgehead atoms. The highest BCUT2D eigenvalue weighted by Gasteiger charge is 2.30. The molecule has 1 aliphatic rings. The predicted octanol–water partition coefficient (Wildman–Crippen LogP) is 3.03. The number of benzene rings is 1. The number of pyridine rings is 1. The van der Waals surface area contributed by atoms with Gasteiger partial charge in [-0.3, -0.25) is 15.0 Å². The summed E-state index contributed by atoms with van der Waals surface area (Å²) in [6.45, 7) is 2.38. The number of hydrogen-bond acceptors (Lipinski definition) is 8. The molecule has 4 rings (SSSR count). The maximum atomic E-state index is 13.3. The molecule has 10 nitrogen and oxygen atoms in total. The first-order chi connectivity index (χ1) is 16.5. The van der Waals surface area contributed by atoms with Crippen molar-refractivity contribution in [3.63, 3.8) is 0 Å². The van der Waals surface area contributed by atoms with E-state index in [0.717, 1.165) is 25.2 Å². The normalized spacial score (nSPS) is 12.7. The Morgan fingerprint density at radius 1 is 1.12 bits per heavy atom. The predicted molar refractivity (Wildman–Crippen MR) is 124 cm³/mol. The summed E-state index contributed by atoms with van der Waals surface area (Å²) in [5, 5.41) is 5.98. The van der Waals surface area contributed by atoms with Gasteiger partial charge in [0.2, 0.25) is 5.91 Å². The standard InChI is InChI=1S/C23H24FN7O3/c1-3-28-31-23(33)16-12-25-19(30-22(32)13-7-8-13)9-18(16)29-17-6-4-5-15(20(17)34-2)21-26-10-14(24)11-27-21/h4-6,9-13,28H,3,7-8H2,1-2H3,(H,31,33)(H2,25,29,30,32). The molecular formula is C23H24FN7O3. The number of halogens is 1. The third-order valence-corrected chi connectivity index (χ3v) is 5.08. The number of hydrogen-bond donors (Lipinski definition) is 4. The molecule has 176 valence electrons. The van der Waals surface area contributed by atoms with Crippen LogP contribution in [0.2, 0.25) is 0 Å².